The average Bonchev–Trinajstić information content (AvgIpc) is 3.06. The number of hydrogen-bond acceptors (Lipinski definition) is 5. The van der Waals surface area contributed by atoms with Crippen LogP contribution in [0.1, 0.15) is 25.3 Å². The molecule has 16 heavy (non-hydrogen) atoms. The van der Waals surface area contributed by atoms with Crippen LogP contribution >= 0.6 is 11.5 Å². The molecule has 1 aromatic rings. The zero-order valence-electron chi connectivity index (χ0n) is 9.99. The van der Waals surface area contributed by atoms with Crippen LogP contribution in [0.15, 0.2) is 0 Å². The van der Waals surface area contributed by atoms with E-state index in [1.54, 1.807) is 0 Å². The van der Waals surface area contributed by atoms with Gasteiger partial charge >= 0.3 is 0 Å². The monoisotopic (exact) mass is 240 g/mol. The lowest BCUT2D eigenvalue weighted by Gasteiger charge is -2.19. The van der Waals surface area contributed by atoms with E-state index in [1.165, 1.54) is 24.4 Å². The Balaban J connectivity index is 1.76. The molecule has 3 N–H and O–H groups in total. The predicted octanol–water partition coefficient (Wildman–Crippen LogP) is 1.93. The third-order valence-electron chi connectivity index (χ3n) is 3.11. The maximum absolute atomic E-state index is 5.71. The third-order valence-corrected chi connectivity index (χ3v) is 4.04. The number of aromatic nitrogens is 1. The Labute approximate surface area is 101 Å². The van der Waals surface area contributed by atoms with Gasteiger partial charge in [-0.2, -0.15) is 4.37 Å². The van der Waals surface area contributed by atoms with Crippen LogP contribution in [0.4, 0.5) is 10.8 Å². The first-order valence-corrected chi connectivity index (χ1v) is 6.69. The minimum Gasteiger partial charge on any atom is -0.383 e. The van der Waals surface area contributed by atoms with Crippen LogP contribution in [-0.4, -0.2) is 34.9 Å². The Hall–Kier alpha value is -0.810. The van der Waals surface area contributed by atoms with E-state index in [9.17, 15) is 0 Å². The standard InChI is InChI=1S/C11H20N4S/c1-3-15(9-4-5-9)7-6-13-11-8(2)10(12)14-16-11/h9,13H,3-7H2,1-2H3,(H2,12,14). The second-order valence-corrected chi connectivity index (χ2v) is 5.08. The van der Waals surface area contributed by atoms with Crippen molar-refractivity contribution in [2.24, 2.45) is 0 Å². The van der Waals surface area contributed by atoms with Crippen molar-refractivity contribution in [2.75, 3.05) is 30.7 Å². The molecule has 1 fully saturated rings. The van der Waals surface area contributed by atoms with Crippen LogP contribution in [0.5, 0.6) is 0 Å². The Morgan fingerprint density at radius 1 is 1.56 bits per heavy atom. The number of nitrogens with two attached hydrogens (primary N) is 1. The first-order valence-electron chi connectivity index (χ1n) is 5.92. The maximum Gasteiger partial charge on any atom is 0.142 e. The highest BCUT2D eigenvalue weighted by molar-refractivity contribution is 7.10. The van der Waals surface area contributed by atoms with Gasteiger partial charge in [0.25, 0.3) is 0 Å². The molecule has 1 aliphatic rings. The third kappa shape index (κ3) is 2.65. The van der Waals surface area contributed by atoms with Crippen LogP contribution < -0.4 is 11.1 Å². The highest BCUT2D eigenvalue weighted by Gasteiger charge is 2.27. The summed E-state index contributed by atoms with van der Waals surface area (Å²) < 4.78 is 4.12. The van der Waals surface area contributed by atoms with Crippen molar-refractivity contribution in [3.05, 3.63) is 5.56 Å². The summed E-state index contributed by atoms with van der Waals surface area (Å²) in [4.78, 5) is 2.53. The van der Waals surface area contributed by atoms with Crippen molar-refractivity contribution in [1.82, 2.24) is 9.27 Å². The molecule has 0 atom stereocenters. The van der Waals surface area contributed by atoms with Crippen LogP contribution in [0.3, 0.4) is 0 Å². The van der Waals surface area contributed by atoms with Gasteiger partial charge in [-0.3, -0.25) is 4.90 Å². The second kappa shape index (κ2) is 5.01. The first kappa shape index (κ1) is 11.7. The summed E-state index contributed by atoms with van der Waals surface area (Å²) in [5, 5.41) is 4.53. The Morgan fingerprint density at radius 3 is 2.81 bits per heavy atom. The highest BCUT2D eigenvalue weighted by Crippen LogP contribution is 2.27. The summed E-state index contributed by atoms with van der Waals surface area (Å²) in [6.45, 7) is 7.48. The van der Waals surface area contributed by atoms with Gasteiger partial charge in [0, 0.05) is 24.7 Å². The summed E-state index contributed by atoms with van der Waals surface area (Å²) in [6.07, 6.45) is 2.75. The van der Waals surface area contributed by atoms with Crippen LogP contribution in [0.2, 0.25) is 0 Å². The normalized spacial score (nSPS) is 15.7. The summed E-state index contributed by atoms with van der Waals surface area (Å²) in [6, 6.07) is 0.847. The van der Waals surface area contributed by atoms with E-state index in [0.717, 1.165) is 36.2 Å². The van der Waals surface area contributed by atoms with Crippen molar-refractivity contribution in [2.45, 2.75) is 32.7 Å². The van der Waals surface area contributed by atoms with Crippen molar-refractivity contribution in [1.29, 1.82) is 0 Å². The fourth-order valence-corrected chi connectivity index (χ4v) is 2.60. The Bertz CT molecular complexity index is 346. The quantitative estimate of drug-likeness (QED) is 0.798. The minimum atomic E-state index is 0.655. The van der Waals surface area contributed by atoms with E-state index in [2.05, 4.69) is 21.5 Å². The van der Waals surface area contributed by atoms with E-state index < -0.39 is 0 Å². The van der Waals surface area contributed by atoms with Gasteiger partial charge in [-0.05, 0) is 37.8 Å². The van der Waals surface area contributed by atoms with Gasteiger partial charge < -0.3 is 11.1 Å². The second-order valence-electron chi connectivity index (χ2n) is 4.31. The van der Waals surface area contributed by atoms with E-state index >= 15 is 0 Å². The molecule has 0 aromatic carbocycles. The molecule has 1 aliphatic carbocycles. The molecule has 0 radical (unpaired) electrons. The summed E-state index contributed by atoms with van der Waals surface area (Å²) >= 11 is 1.45. The molecule has 0 saturated heterocycles. The van der Waals surface area contributed by atoms with E-state index in [4.69, 9.17) is 5.73 Å². The smallest absolute Gasteiger partial charge is 0.142 e. The van der Waals surface area contributed by atoms with E-state index in [-0.39, 0.29) is 0 Å². The predicted molar refractivity (Wildman–Crippen MR) is 70.0 cm³/mol. The first-order chi connectivity index (χ1) is 7.72. The Morgan fingerprint density at radius 2 is 2.31 bits per heavy atom. The summed E-state index contributed by atoms with van der Waals surface area (Å²) in [5.41, 5.74) is 6.79. The fraction of sp³-hybridized carbons (Fsp3) is 0.727. The molecular formula is C11H20N4S. The zero-order valence-corrected chi connectivity index (χ0v) is 10.8. The zero-order chi connectivity index (χ0) is 11.5. The average molecular weight is 240 g/mol. The van der Waals surface area contributed by atoms with E-state index in [0.29, 0.717) is 5.82 Å². The highest BCUT2D eigenvalue weighted by atomic mass is 32.1. The molecule has 1 heterocycles. The van der Waals surface area contributed by atoms with Gasteiger partial charge in [0.15, 0.2) is 0 Å². The number of anilines is 2. The summed E-state index contributed by atoms with van der Waals surface area (Å²) in [5.74, 6) is 0.655. The molecule has 0 unspecified atom stereocenters. The van der Waals surface area contributed by atoms with Gasteiger partial charge in [0.05, 0.1) is 0 Å². The molecule has 0 amide bonds. The molecule has 5 heteroatoms. The molecule has 1 saturated carbocycles. The van der Waals surface area contributed by atoms with Crippen LogP contribution in [0, 0.1) is 6.92 Å². The van der Waals surface area contributed by atoms with Gasteiger partial charge in [0.1, 0.15) is 10.8 Å². The van der Waals surface area contributed by atoms with Gasteiger partial charge in [-0.15, -0.1) is 0 Å². The summed E-state index contributed by atoms with van der Waals surface area (Å²) in [7, 11) is 0. The number of nitrogens with zero attached hydrogens (tertiary/aromatic N) is 2. The number of hydrogen-bond donors (Lipinski definition) is 2. The van der Waals surface area contributed by atoms with Gasteiger partial charge in [-0.1, -0.05) is 6.92 Å². The van der Waals surface area contributed by atoms with Crippen molar-refractivity contribution < 1.29 is 0 Å². The lowest BCUT2D eigenvalue weighted by molar-refractivity contribution is 0.289. The molecule has 1 aromatic heterocycles. The van der Waals surface area contributed by atoms with Crippen LogP contribution in [0.25, 0.3) is 0 Å². The Kier molecular flexibility index (Phi) is 3.66. The van der Waals surface area contributed by atoms with Gasteiger partial charge in [0.2, 0.25) is 0 Å². The fourth-order valence-electron chi connectivity index (χ4n) is 1.86. The lowest BCUT2D eigenvalue weighted by Crippen LogP contribution is -2.30. The number of nitrogens with one attached hydrogen (secondary N) is 1. The maximum atomic E-state index is 5.71. The molecular weight excluding hydrogens is 220 g/mol. The van der Waals surface area contributed by atoms with Crippen LogP contribution in [-0.2, 0) is 0 Å². The topological polar surface area (TPSA) is 54.2 Å². The number of rotatable bonds is 6. The number of nitrogen functional groups attached to an aromatic ring is 1. The van der Waals surface area contributed by atoms with Crippen molar-refractivity contribution in [3.63, 3.8) is 0 Å². The molecule has 2 rings (SSSR count). The largest absolute Gasteiger partial charge is 0.383 e. The lowest BCUT2D eigenvalue weighted by atomic mass is 10.3. The van der Waals surface area contributed by atoms with Crippen molar-refractivity contribution >= 4 is 22.4 Å². The molecule has 0 aliphatic heterocycles. The molecule has 4 nitrogen and oxygen atoms in total. The van der Waals surface area contributed by atoms with Crippen molar-refractivity contribution in [3.8, 4) is 0 Å². The molecule has 90 valence electrons. The SMILES string of the molecule is CCN(CCNc1snc(N)c1C)C1CC1. The van der Waals surface area contributed by atoms with E-state index in [1.807, 2.05) is 6.92 Å². The molecule has 0 bridgehead atoms. The van der Waals surface area contributed by atoms with Gasteiger partial charge in [-0.25, -0.2) is 0 Å². The number of likely N-dealkylation sites (N-methyl/N-ethyl adjacent to an activating group) is 1. The molecule has 0 spiro atoms. The minimum absolute atomic E-state index is 0.655.